The van der Waals surface area contributed by atoms with Gasteiger partial charge in [-0.1, -0.05) is 65.3 Å². The number of amides is 2. The van der Waals surface area contributed by atoms with Crippen molar-refractivity contribution in [1.29, 1.82) is 0 Å². The van der Waals surface area contributed by atoms with Crippen LogP contribution in [0.25, 0.3) is 0 Å². The second-order valence-corrected chi connectivity index (χ2v) is 9.46. The molecule has 1 aliphatic carbocycles. The number of ether oxygens (including phenoxy) is 1. The summed E-state index contributed by atoms with van der Waals surface area (Å²) < 4.78 is 5.62. The summed E-state index contributed by atoms with van der Waals surface area (Å²) in [6, 6.07) is 9.31. The Bertz CT molecular complexity index is 980. The first-order valence-electron chi connectivity index (χ1n) is 10.4. The van der Waals surface area contributed by atoms with Gasteiger partial charge in [-0.3, -0.25) is 9.59 Å². The van der Waals surface area contributed by atoms with Crippen molar-refractivity contribution in [3.8, 4) is 5.75 Å². The van der Waals surface area contributed by atoms with Crippen molar-refractivity contribution in [2.45, 2.75) is 51.2 Å². The van der Waals surface area contributed by atoms with E-state index in [0.29, 0.717) is 25.8 Å². The molecule has 3 rings (SSSR count). The van der Waals surface area contributed by atoms with Gasteiger partial charge in [-0.15, -0.1) is 0 Å². The van der Waals surface area contributed by atoms with E-state index in [1.165, 1.54) is 11.0 Å². The van der Waals surface area contributed by atoms with Gasteiger partial charge in [0.15, 0.2) is 6.61 Å². The Morgan fingerprint density at radius 1 is 1.03 bits per heavy atom. The Morgan fingerprint density at radius 3 is 2.41 bits per heavy atom. The zero-order valence-corrected chi connectivity index (χ0v) is 20.6. The van der Waals surface area contributed by atoms with Crippen molar-refractivity contribution in [3.63, 3.8) is 0 Å². The van der Waals surface area contributed by atoms with E-state index in [1.807, 2.05) is 0 Å². The van der Waals surface area contributed by atoms with Crippen molar-refractivity contribution in [1.82, 2.24) is 10.2 Å². The molecule has 0 saturated heterocycles. The lowest BCUT2D eigenvalue weighted by Crippen LogP contribution is -2.50. The van der Waals surface area contributed by atoms with Gasteiger partial charge in [0, 0.05) is 17.6 Å². The number of nitrogens with zero attached hydrogens (tertiary/aromatic N) is 1. The fraction of sp³-hybridized carbons (Fsp3) is 0.391. The third-order valence-corrected chi connectivity index (χ3v) is 6.72. The molecule has 0 bridgehead atoms. The van der Waals surface area contributed by atoms with E-state index in [1.54, 1.807) is 37.3 Å². The van der Waals surface area contributed by atoms with Gasteiger partial charge in [0.2, 0.25) is 5.91 Å². The predicted octanol–water partition coefficient (Wildman–Crippen LogP) is 6.16. The highest BCUT2D eigenvalue weighted by Crippen LogP contribution is 2.28. The molecule has 1 N–H and O–H groups in total. The van der Waals surface area contributed by atoms with Crippen LogP contribution in [-0.2, 0) is 16.1 Å². The van der Waals surface area contributed by atoms with Crippen LogP contribution in [0.4, 0.5) is 0 Å². The second kappa shape index (κ2) is 11.5. The Hall–Kier alpha value is -1.66. The van der Waals surface area contributed by atoms with Crippen LogP contribution < -0.4 is 10.1 Å². The molecule has 172 valence electrons. The number of nitrogens with one attached hydrogen (secondary N) is 1. The quantitative estimate of drug-likeness (QED) is 0.456. The SMILES string of the molecule is C[C@H](C(=O)NC1CCCC1)N(Cc1ccc(Cl)c(Cl)c1)C(=O)COc1ccc(Cl)cc1Cl. The molecule has 0 unspecified atom stereocenters. The highest BCUT2D eigenvalue weighted by atomic mass is 35.5. The molecule has 1 saturated carbocycles. The number of halogens is 4. The van der Waals surface area contributed by atoms with Gasteiger partial charge < -0.3 is 15.0 Å². The number of carbonyl (C=O) groups excluding carboxylic acids is 2. The number of hydrogen-bond acceptors (Lipinski definition) is 3. The van der Waals surface area contributed by atoms with Crippen LogP contribution >= 0.6 is 46.4 Å². The smallest absolute Gasteiger partial charge is 0.261 e. The molecule has 0 spiro atoms. The minimum Gasteiger partial charge on any atom is -0.482 e. The normalized spacial score (nSPS) is 14.8. The molecule has 1 aliphatic rings. The van der Waals surface area contributed by atoms with Crippen molar-refractivity contribution >= 4 is 58.2 Å². The summed E-state index contributed by atoms with van der Waals surface area (Å²) in [6.07, 6.45) is 4.11. The number of rotatable bonds is 8. The average Bonchev–Trinajstić information content (AvgIpc) is 3.26. The van der Waals surface area contributed by atoms with E-state index in [0.717, 1.165) is 31.2 Å². The first-order chi connectivity index (χ1) is 15.2. The highest BCUT2D eigenvalue weighted by molar-refractivity contribution is 6.42. The van der Waals surface area contributed by atoms with Crippen LogP contribution in [0.2, 0.25) is 20.1 Å². The van der Waals surface area contributed by atoms with E-state index >= 15 is 0 Å². The lowest BCUT2D eigenvalue weighted by Gasteiger charge is -2.29. The van der Waals surface area contributed by atoms with Crippen molar-refractivity contribution in [2.24, 2.45) is 0 Å². The zero-order chi connectivity index (χ0) is 23.3. The summed E-state index contributed by atoms with van der Waals surface area (Å²) in [5, 5.41) is 4.61. The van der Waals surface area contributed by atoms with Gasteiger partial charge in [0.1, 0.15) is 11.8 Å². The third kappa shape index (κ3) is 6.67. The molecule has 1 atom stereocenters. The lowest BCUT2D eigenvalue weighted by molar-refractivity contribution is -0.142. The Balaban J connectivity index is 1.75. The summed E-state index contributed by atoms with van der Waals surface area (Å²) in [5.74, 6) is -0.229. The molecule has 1 fully saturated rings. The number of benzene rings is 2. The predicted molar refractivity (Wildman–Crippen MR) is 129 cm³/mol. The molecule has 0 aliphatic heterocycles. The van der Waals surface area contributed by atoms with Gasteiger partial charge in [0.25, 0.3) is 5.91 Å². The minimum absolute atomic E-state index is 0.149. The largest absolute Gasteiger partial charge is 0.482 e. The molecule has 32 heavy (non-hydrogen) atoms. The third-order valence-electron chi connectivity index (χ3n) is 5.45. The summed E-state index contributed by atoms with van der Waals surface area (Å²) in [5.41, 5.74) is 0.748. The van der Waals surface area contributed by atoms with E-state index < -0.39 is 6.04 Å². The second-order valence-electron chi connectivity index (χ2n) is 7.80. The molecule has 2 amide bonds. The monoisotopic (exact) mass is 516 g/mol. The lowest BCUT2D eigenvalue weighted by atomic mass is 10.1. The van der Waals surface area contributed by atoms with Crippen LogP contribution in [0.1, 0.15) is 38.2 Å². The van der Waals surface area contributed by atoms with Crippen molar-refractivity contribution in [3.05, 3.63) is 62.1 Å². The summed E-state index contributed by atoms with van der Waals surface area (Å²) in [4.78, 5) is 27.5. The fourth-order valence-corrected chi connectivity index (χ4v) is 4.41. The molecular weight excluding hydrogens is 494 g/mol. The van der Waals surface area contributed by atoms with Crippen molar-refractivity contribution in [2.75, 3.05) is 6.61 Å². The maximum absolute atomic E-state index is 13.1. The van der Waals surface area contributed by atoms with Gasteiger partial charge in [-0.25, -0.2) is 0 Å². The molecule has 9 heteroatoms. The van der Waals surface area contributed by atoms with E-state index in [-0.39, 0.29) is 31.0 Å². The fourth-order valence-electron chi connectivity index (χ4n) is 3.62. The standard InChI is InChI=1S/C23H24Cl4N2O3/c1-14(23(31)28-17-4-2-3-5-17)29(12-15-6-8-18(25)19(26)10-15)22(30)13-32-21-9-7-16(24)11-20(21)27/h6-11,14,17H,2-5,12-13H2,1H3,(H,28,31)/t14-/m1/s1. The van der Waals surface area contributed by atoms with Gasteiger partial charge in [-0.2, -0.15) is 0 Å². The molecule has 0 aromatic heterocycles. The average molecular weight is 518 g/mol. The minimum atomic E-state index is -0.707. The molecule has 5 nitrogen and oxygen atoms in total. The summed E-state index contributed by atoms with van der Waals surface area (Å²) in [7, 11) is 0. The molecule has 0 radical (unpaired) electrons. The van der Waals surface area contributed by atoms with Gasteiger partial charge in [-0.05, 0) is 55.7 Å². The first-order valence-corrected chi connectivity index (χ1v) is 11.9. The maximum atomic E-state index is 13.1. The van der Waals surface area contributed by atoms with Crippen LogP contribution in [0.15, 0.2) is 36.4 Å². The van der Waals surface area contributed by atoms with Gasteiger partial charge >= 0.3 is 0 Å². The molecule has 2 aromatic carbocycles. The van der Waals surface area contributed by atoms with Crippen molar-refractivity contribution < 1.29 is 14.3 Å². The Labute approximate surface area is 207 Å². The first kappa shape index (κ1) is 25.0. The van der Waals surface area contributed by atoms with Crippen LogP contribution in [0, 0.1) is 0 Å². The zero-order valence-electron chi connectivity index (χ0n) is 17.5. The molecular formula is C23H24Cl4N2O3. The van der Waals surface area contributed by atoms with Crippen LogP contribution in [0.3, 0.4) is 0 Å². The maximum Gasteiger partial charge on any atom is 0.261 e. The number of carbonyl (C=O) groups is 2. The van der Waals surface area contributed by atoms with E-state index in [4.69, 9.17) is 51.1 Å². The summed E-state index contributed by atoms with van der Waals surface area (Å²) in [6.45, 7) is 1.59. The van der Waals surface area contributed by atoms with E-state index in [2.05, 4.69) is 5.32 Å². The van der Waals surface area contributed by atoms with Crippen LogP contribution in [0.5, 0.6) is 5.75 Å². The number of hydrogen-bond donors (Lipinski definition) is 1. The highest BCUT2D eigenvalue weighted by Gasteiger charge is 2.29. The topological polar surface area (TPSA) is 58.6 Å². The van der Waals surface area contributed by atoms with Crippen LogP contribution in [-0.4, -0.2) is 35.4 Å². The Morgan fingerprint density at radius 2 is 1.75 bits per heavy atom. The molecule has 2 aromatic rings. The van der Waals surface area contributed by atoms with E-state index in [9.17, 15) is 9.59 Å². The summed E-state index contributed by atoms with van der Waals surface area (Å²) >= 11 is 24.2. The molecule has 0 heterocycles. The Kier molecular flexibility index (Phi) is 8.95. The van der Waals surface area contributed by atoms with Gasteiger partial charge in [0.05, 0.1) is 15.1 Å².